The van der Waals surface area contributed by atoms with Crippen LogP contribution >= 0.6 is 0 Å². The second-order valence-corrected chi connectivity index (χ2v) is 12.0. The summed E-state index contributed by atoms with van der Waals surface area (Å²) in [6.07, 6.45) is 14.6. The Labute approximate surface area is 194 Å². The number of rotatable bonds is 7. The highest BCUT2D eigenvalue weighted by Gasteiger charge is 2.60. The molecule has 4 fully saturated rings. The lowest BCUT2D eigenvalue weighted by molar-refractivity contribution is -0.143. The Morgan fingerprint density at radius 2 is 1.91 bits per heavy atom. The van der Waals surface area contributed by atoms with E-state index < -0.39 is 0 Å². The zero-order valence-corrected chi connectivity index (χ0v) is 20.5. The Bertz CT molecular complexity index is 762. The summed E-state index contributed by atoms with van der Waals surface area (Å²) in [4.78, 5) is 15.1. The molecular formula is C27H43N3O2. The highest BCUT2D eigenvalue weighted by molar-refractivity contribution is 5.69. The fourth-order valence-corrected chi connectivity index (χ4v) is 9.16. The molecule has 0 saturated heterocycles. The number of esters is 1. The molecule has 4 aliphatic rings. The first-order valence-electron chi connectivity index (χ1n) is 13.1. The van der Waals surface area contributed by atoms with E-state index in [9.17, 15) is 4.79 Å². The van der Waals surface area contributed by atoms with Crippen molar-refractivity contribution in [3.63, 3.8) is 0 Å². The smallest absolute Gasteiger partial charge is 0.306 e. The molecule has 4 rings (SSSR count). The summed E-state index contributed by atoms with van der Waals surface area (Å²) in [5.74, 6) is 4.50. The molecule has 9 atom stereocenters. The highest BCUT2D eigenvalue weighted by atomic mass is 16.5. The average Bonchev–Trinajstić information content (AvgIpc) is 3.13. The third kappa shape index (κ3) is 4.11. The van der Waals surface area contributed by atoms with E-state index >= 15 is 0 Å². The minimum atomic E-state index is -0.0808. The number of hydrogen-bond donors (Lipinski definition) is 0. The average molecular weight is 442 g/mol. The van der Waals surface area contributed by atoms with Crippen LogP contribution in [-0.4, -0.2) is 18.6 Å². The van der Waals surface area contributed by atoms with Gasteiger partial charge in [0, 0.05) is 17.4 Å². The van der Waals surface area contributed by atoms with Crippen LogP contribution in [0.2, 0.25) is 0 Å². The predicted octanol–water partition coefficient (Wildman–Crippen LogP) is 7.47. The van der Waals surface area contributed by atoms with Gasteiger partial charge in [0.25, 0.3) is 0 Å². The van der Waals surface area contributed by atoms with Crippen molar-refractivity contribution in [2.24, 2.45) is 51.5 Å². The van der Waals surface area contributed by atoms with Gasteiger partial charge in [-0.25, -0.2) is 0 Å². The lowest BCUT2D eigenvalue weighted by atomic mass is 9.44. The second kappa shape index (κ2) is 9.41. The molecule has 0 bridgehead atoms. The lowest BCUT2D eigenvalue weighted by Crippen LogP contribution is -2.54. The predicted molar refractivity (Wildman–Crippen MR) is 128 cm³/mol. The summed E-state index contributed by atoms with van der Waals surface area (Å²) in [5, 5.41) is 4.09. The molecule has 0 aromatic carbocycles. The SMILES string of the molecule is C=CCOC(=O)CC[C@@H](C)C1CC[C@H]2[C@@H]3CC[C@@H]4CC(N=[N+]=[N-])CC[C@]4(C)[C@H]3CC[C@]12C. The van der Waals surface area contributed by atoms with Crippen LogP contribution in [0.25, 0.3) is 10.4 Å². The van der Waals surface area contributed by atoms with Gasteiger partial charge in [-0.1, -0.05) is 38.5 Å². The molecule has 0 aliphatic heterocycles. The Balaban J connectivity index is 1.42. The first-order valence-corrected chi connectivity index (χ1v) is 13.1. The van der Waals surface area contributed by atoms with Crippen molar-refractivity contribution in [2.45, 2.75) is 97.4 Å². The molecule has 0 aromatic heterocycles. The van der Waals surface area contributed by atoms with E-state index in [4.69, 9.17) is 10.3 Å². The Morgan fingerprint density at radius 3 is 2.66 bits per heavy atom. The number of nitrogens with zero attached hydrogens (tertiary/aromatic N) is 3. The van der Waals surface area contributed by atoms with Crippen LogP contribution in [0.15, 0.2) is 17.8 Å². The van der Waals surface area contributed by atoms with E-state index in [-0.39, 0.29) is 12.0 Å². The molecule has 4 aliphatic carbocycles. The van der Waals surface area contributed by atoms with Gasteiger partial charge in [-0.2, -0.15) is 0 Å². The van der Waals surface area contributed by atoms with Crippen molar-refractivity contribution in [2.75, 3.05) is 6.61 Å². The molecule has 2 unspecified atom stereocenters. The van der Waals surface area contributed by atoms with Crippen molar-refractivity contribution in [3.8, 4) is 0 Å². The van der Waals surface area contributed by atoms with Gasteiger partial charge >= 0.3 is 5.97 Å². The summed E-state index contributed by atoms with van der Waals surface area (Å²) < 4.78 is 5.21. The number of hydrogen-bond acceptors (Lipinski definition) is 3. The van der Waals surface area contributed by atoms with E-state index in [0.717, 1.165) is 48.9 Å². The van der Waals surface area contributed by atoms with Crippen molar-refractivity contribution >= 4 is 5.97 Å². The largest absolute Gasteiger partial charge is 0.461 e. The molecule has 0 N–H and O–H groups in total. The maximum atomic E-state index is 12.0. The quantitative estimate of drug-likeness (QED) is 0.135. The fourth-order valence-electron chi connectivity index (χ4n) is 9.16. The van der Waals surface area contributed by atoms with E-state index in [0.29, 0.717) is 29.8 Å². The normalized spacial score (nSPS) is 43.7. The van der Waals surface area contributed by atoms with Crippen molar-refractivity contribution in [1.82, 2.24) is 0 Å². The van der Waals surface area contributed by atoms with Gasteiger partial charge < -0.3 is 4.74 Å². The standard InChI is InChI=1S/C27H43N3O2/c1-5-16-32-25(31)11-6-18(2)22-9-10-23-21-8-7-19-17-20(29-30-28)12-14-26(19,3)24(21)13-15-27(22,23)4/h5,18-24H,1,6-17H2,2-4H3/t18-,19-,20?,21+,22?,23+,24+,26+,27-/m1/s1. The molecular weight excluding hydrogens is 398 g/mol. The van der Waals surface area contributed by atoms with Gasteiger partial charge in [-0.05, 0) is 116 Å². The molecule has 0 aromatic rings. The molecule has 5 nitrogen and oxygen atoms in total. The van der Waals surface area contributed by atoms with Gasteiger partial charge in [-0.3, -0.25) is 4.79 Å². The van der Waals surface area contributed by atoms with Gasteiger partial charge in [0.2, 0.25) is 0 Å². The number of ether oxygens (including phenoxy) is 1. The Hall–Kier alpha value is -1.48. The minimum Gasteiger partial charge on any atom is -0.461 e. The number of azide groups is 1. The van der Waals surface area contributed by atoms with E-state index in [1.54, 1.807) is 6.08 Å². The summed E-state index contributed by atoms with van der Waals surface area (Å²) >= 11 is 0. The minimum absolute atomic E-state index is 0.0808. The summed E-state index contributed by atoms with van der Waals surface area (Å²) in [5.41, 5.74) is 9.76. The third-order valence-electron chi connectivity index (χ3n) is 10.8. The monoisotopic (exact) mass is 441 g/mol. The molecule has 178 valence electrons. The first-order chi connectivity index (χ1) is 15.3. The second-order valence-electron chi connectivity index (χ2n) is 12.0. The van der Waals surface area contributed by atoms with Crippen LogP contribution in [-0.2, 0) is 9.53 Å². The number of carbonyl (C=O) groups is 1. The summed E-state index contributed by atoms with van der Waals surface area (Å²) in [7, 11) is 0. The maximum absolute atomic E-state index is 12.0. The molecule has 0 heterocycles. The summed E-state index contributed by atoms with van der Waals surface area (Å²) in [6.45, 7) is 11.5. The molecule has 0 radical (unpaired) electrons. The van der Waals surface area contributed by atoms with Crippen LogP contribution < -0.4 is 0 Å². The molecule has 0 spiro atoms. The van der Waals surface area contributed by atoms with Gasteiger partial charge in [-0.15, -0.1) is 0 Å². The lowest BCUT2D eigenvalue weighted by Gasteiger charge is -2.61. The highest BCUT2D eigenvalue weighted by Crippen LogP contribution is 2.68. The zero-order valence-electron chi connectivity index (χ0n) is 20.5. The van der Waals surface area contributed by atoms with Crippen molar-refractivity contribution in [1.29, 1.82) is 0 Å². The van der Waals surface area contributed by atoms with E-state index in [1.807, 2.05) is 0 Å². The van der Waals surface area contributed by atoms with Gasteiger partial charge in [0.1, 0.15) is 6.61 Å². The molecule has 32 heavy (non-hydrogen) atoms. The topological polar surface area (TPSA) is 75.1 Å². The van der Waals surface area contributed by atoms with Crippen LogP contribution in [0.1, 0.15) is 91.4 Å². The third-order valence-corrected chi connectivity index (χ3v) is 10.8. The Morgan fingerprint density at radius 1 is 1.16 bits per heavy atom. The first kappa shape index (κ1) is 23.7. The fraction of sp³-hybridized carbons (Fsp3) is 0.889. The van der Waals surface area contributed by atoms with Crippen LogP contribution in [0.3, 0.4) is 0 Å². The zero-order chi connectivity index (χ0) is 22.9. The summed E-state index contributed by atoms with van der Waals surface area (Å²) in [6, 6.07) is 0.221. The molecule has 5 heteroatoms. The van der Waals surface area contributed by atoms with Gasteiger partial charge in [0.15, 0.2) is 0 Å². The van der Waals surface area contributed by atoms with Crippen LogP contribution in [0.4, 0.5) is 0 Å². The van der Waals surface area contributed by atoms with Crippen molar-refractivity contribution < 1.29 is 9.53 Å². The van der Waals surface area contributed by atoms with E-state index in [2.05, 4.69) is 37.4 Å². The van der Waals surface area contributed by atoms with Gasteiger partial charge in [0.05, 0.1) is 0 Å². The van der Waals surface area contributed by atoms with Crippen LogP contribution in [0.5, 0.6) is 0 Å². The molecule has 0 amide bonds. The Kier molecular flexibility index (Phi) is 6.96. The van der Waals surface area contributed by atoms with E-state index in [1.165, 1.54) is 44.9 Å². The molecule has 4 saturated carbocycles. The number of fused-ring (bicyclic) bond motifs is 5. The number of carbonyl (C=O) groups excluding carboxylic acids is 1. The maximum Gasteiger partial charge on any atom is 0.306 e. The van der Waals surface area contributed by atoms with Crippen molar-refractivity contribution in [3.05, 3.63) is 23.1 Å². The van der Waals surface area contributed by atoms with Crippen LogP contribution in [0, 0.1) is 46.3 Å².